The number of aromatic nitrogens is 3. The van der Waals surface area contributed by atoms with Gasteiger partial charge >= 0.3 is 0 Å². The molecule has 0 spiro atoms. The third-order valence-electron chi connectivity index (χ3n) is 2.62. The number of rotatable bonds is 3. The van der Waals surface area contributed by atoms with Crippen molar-refractivity contribution in [2.24, 2.45) is 0 Å². The van der Waals surface area contributed by atoms with Gasteiger partial charge in [-0.3, -0.25) is 0 Å². The molecule has 2 aromatic rings. The van der Waals surface area contributed by atoms with E-state index in [9.17, 15) is 4.39 Å². The van der Waals surface area contributed by atoms with Gasteiger partial charge in [0.15, 0.2) is 11.6 Å². The predicted octanol–water partition coefficient (Wildman–Crippen LogP) is 2.13. The fourth-order valence-electron chi connectivity index (χ4n) is 1.87. The van der Waals surface area contributed by atoms with Crippen molar-refractivity contribution in [1.82, 2.24) is 15.0 Å². The third-order valence-corrected chi connectivity index (χ3v) is 2.62. The van der Waals surface area contributed by atoms with Gasteiger partial charge < -0.3 is 11.1 Å². The van der Waals surface area contributed by atoms with Crippen molar-refractivity contribution < 1.29 is 4.39 Å². The van der Waals surface area contributed by atoms with Crippen LogP contribution in [0.1, 0.15) is 22.8 Å². The Balaban J connectivity index is 2.19. The molecule has 6 heteroatoms. The molecule has 2 rings (SSSR count). The molecule has 0 radical (unpaired) electrons. The van der Waals surface area contributed by atoms with E-state index in [-0.39, 0.29) is 5.82 Å². The lowest BCUT2D eigenvalue weighted by molar-refractivity contribution is 0.602. The largest absolute Gasteiger partial charge is 0.384 e. The van der Waals surface area contributed by atoms with Crippen LogP contribution < -0.4 is 11.1 Å². The molecule has 0 saturated carbocycles. The van der Waals surface area contributed by atoms with E-state index in [4.69, 9.17) is 5.73 Å². The van der Waals surface area contributed by atoms with Crippen molar-refractivity contribution in [3.8, 4) is 0 Å². The number of pyridine rings is 1. The molecule has 0 saturated heterocycles. The smallest absolute Gasteiger partial charge is 0.186 e. The molecule has 0 aliphatic carbocycles. The van der Waals surface area contributed by atoms with Crippen molar-refractivity contribution in [1.29, 1.82) is 0 Å². The van der Waals surface area contributed by atoms with Gasteiger partial charge in [-0.25, -0.2) is 19.3 Å². The highest BCUT2D eigenvalue weighted by atomic mass is 19.1. The Morgan fingerprint density at radius 2 is 1.89 bits per heavy atom. The molecule has 0 aliphatic rings. The van der Waals surface area contributed by atoms with E-state index in [1.807, 2.05) is 13.0 Å². The number of hydrogen-bond donors (Lipinski definition) is 2. The summed E-state index contributed by atoms with van der Waals surface area (Å²) in [4.78, 5) is 12.1. The highest BCUT2D eigenvalue weighted by Gasteiger charge is 2.09. The summed E-state index contributed by atoms with van der Waals surface area (Å²) < 4.78 is 13.8. The van der Waals surface area contributed by atoms with Crippen LogP contribution in [0.5, 0.6) is 0 Å². The summed E-state index contributed by atoms with van der Waals surface area (Å²) in [7, 11) is 0. The molecular weight excluding hydrogens is 245 g/mol. The highest BCUT2D eigenvalue weighted by molar-refractivity contribution is 5.41. The highest BCUT2D eigenvalue weighted by Crippen LogP contribution is 2.15. The fourth-order valence-corrected chi connectivity index (χ4v) is 1.87. The normalized spacial score (nSPS) is 10.5. The number of nitrogens with two attached hydrogens (primary N) is 1. The van der Waals surface area contributed by atoms with Crippen LogP contribution in [-0.2, 0) is 6.54 Å². The second-order valence-electron chi connectivity index (χ2n) is 4.41. The second-order valence-corrected chi connectivity index (χ2v) is 4.41. The van der Waals surface area contributed by atoms with Crippen molar-refractivity contribution in [2.45, 2.75) is 27.3 Å². The van der Waals surface area contributed by atoms with Crippen LogP contribution in [0.2, 0.25) is 0 Å². The minimum absolute atomic E-state index is 0.207. The molecule has 3 N–H and O–H groups in total. The Labute approximate surface area is 111 Å². The Hall–Kier alpha value is -2.24. The molecular formula is C13H16FN5. The van der Waals surface area contributed by atoms with Crippen molar-refractivity contribution in [3.63, 3.8) is 0 Å². The van der Waals surface area contributed by atoms with Crippen molar-refractivity contribution in [2.75, 3.05) is 11.1 Å². The lowest BCUT2D eigenvalue weighted by atomic mass is 10.2. The zero-order valence-electron chi connectivity index (χ0n) is 11.2. The Kier molecular flexibility index (Phi) is 3.59. The van der Waals surface area contributed by atoms with Crippen molar-refractivity contribution >= 4 is 11.6 Å². The summed E-state index contributed by atoms with van der Waals surface area (Å²) in [5.41, 5.74) is 7.76. The van der Waals surface area contributed by atoms with Crippen LogP contribution in [0.4, 0.5) is 16.0 Å². The maximum absolute atomic E-state index is 13.8. The van der Waals surface area contributed by atoms with E-state index >= 15 is 0 Å². The average molecular weight is 261 g/mol. The number of nitrogens with one attached hydrogen (secondary N) is 1. The summed E-state index contributed by atoms with van der Waals surface area (Å²) in [6.07, 6.45) is 0. The standard InChI is InChI=1S/C13H16FN5/c1-7-4-10(5-11(15)17-7)6-16-13-12(14)8(2)18-9(3)19-13/h4-5H,6H2,1-3H3,(H2,15,17)(H,16,18,19). The van der Waals surface area contributed by atoms with Crippen LogP contribution in [0.25, 0.3) is 0 Å². The molecule has 0 aromatic carbocycles. The summed E-state index contributed by atoms with van der Waals surface area (Å²) in [6.45, 7) is 5.63. The Bertz CT molecular complexity index is 592. The van der Waals surface area contributed by atoms with Gasteiger partial charge in [0, 0.05) is 12.2 Å². The van der Waals surface area contributed by atoms with Gasteiger partial charge in [0.2, 0.25) is 0 Å². The van der Waals surface area contributed by atoms with Gasteiger partial charge in [-0.1, -0.05) is 0 Å². The number of aryl methyl sites for hydroxylation is 3. The summed E-state index contributed by atoms with van der Waals surface area (Å²) in [6, 6.07) is 3.64. The predicted molar refractivity (Wildman–Crippen MR) is 72.2 cm³/mol. The van der Waals surface area contributed by atoms with Gasteiger partial charge in [-0.15, -0.1) is 0 Å². The molecule has 0 aliphatic heterocycles. The maximum atomic E-state index is 13.8. The number of nitrogens with zero attached hydrogens (tertiary/aromatic N) is 3. The second kappa shape index (κ2) is 5.17. The first-order valence-electron chi connectivity index (χ1n) is 5.93. The van der Waals surface area contributed by atoms with E-state index in [0.717, 1.165) is 11.3 Å². The lowest BCUT2D eigenvalue weighted by Crippen LogP contribution is -2.08. The lowest BCUT2D eigenvalue weighted by Gasteiger charge is -2.09. The number of halogens is 1. The average Bonchev–Trinajstić information content (AvgIpc) is 2.30. The SMILES string of the molecule is Cc1cc(CNc2nc(C)nc(C)c2F)cc(N)n1. The maximum Gasteiger partial charge on any atom is 0.186 e. The quantitative estimate of drug-likeness (QED) is 0.885. The van der Waals surface area contributed by atoms with Gasteiger partial charge in [-0.05, 0) is 38.5 Å². The van der Waals surface area contributed by atoms with Gasteiger partial charge in [0.1, 0.15) is 11.6 Å². The molecule has 100 valence electrons. The minimum Gasteiger partial charge on any atom is -0.384 e. The van der Waals surface area contributed by atoms with Gasteiger partial charge in [0.05, 0.1) is 5.69 Å². The zero-order valence-corrected chi connectivity index (χ0v) is 11.2. The first-order chi connectivity index (χ1) is 8.95. The molecule has 2 aromatic heterocycles. The van der Waals surface area contributed by atoms with E-state index in [1.165, 1.54) is 0 Å². The topological polar surface area (TPSA) is 76.7 Å². The number of nitrogen functional groups attached to an aromatic ring is 1. The molecule has 0 bridgehead atoms. The fraction of sp³-hybridized carbons (Fsp3) is 0.308. The Morgan fingerprint density at radius 3 is 2.58 bits per heavy atom. The van der Waals surface area contributed by atoms with Crippen LogP contribution in [0.15, 0.2) is 12.1 Å². The molecule has 0 atom stereocenters. The monoisotopic (exact) mass is 261 g/mol. The number of anilines is 2. The van der Waals surface area contributed by atoms with Crippen LogP contribution in [0.3, 0.4) is 0 Å². The van der Waals surface area contributed by atoms with E-state index in [0.29, 0.717) is 23.9 Å². The summed E-state index contributed by atoms with van der Waals surface area (Å²) in [5.74, 6) is 0.765. The minimum atomic E-state index is -0.427. The molecule has 0 amide bonds. The van der Waals surface area contributed by atoms with Gasteiger partial charge in [0.25, 0.3) is 0 Å². The first kappa shape index (κ1) is 13.2. The molecule has 0 unspecified atom stereocenters. The third kappa shape index (κ3) is 3.15. The molecule has 2 heterocycles. The summed E-state index contributed by atoms with van der Waals surface area (Å²) >= 11 is 0. The first-order valence-corrected chi connectivity index (χ1v) is 5.93. The number of hydrogen-bond acceptors (Lipinski definition) is 5. The van der Waals surface area contributed by atoms with Crippen molar-refractivity contribution in [3.05, 3.63) is 40.7 Å². The van der Waals surface area contributed by atoms with E-state index < -0.39 is 5.82 Å². The van der Waals surface area contributed by atoms with E-state index in [1.54, 1.807) is 19.9 Å². The molecule has 19 heavy (non-hydrogen) atoms. The van der Waals surface area contributed by atoms with E-state index in [2.05, 4.69) is 20.3 Å². The molecule has 5 nitrogen and oxygen atoms in total. The summed E-state index contributed by atoms with van der Waals surface area (Å²) in [5, 5.41) is 2.96. The van der Waals surface area contributed by atoms with Crippen LogP contribution >= 0.6 is 0 Å². The zero-order chi connectivity index (χ0) is 14.0. The molecule has 0 fully saturated rings. The van der Waals surface area contributed by atoms with Crippen LogP contribution in [-0.4, -0.2) is 15.0 Å². The van der Waals surface area contributed by atoms with Gasteiger partial charge in [-0.2, -0.15) is 0 Å². The van der Waals surface area contributed by atoms with Crippen LogP contribution in [0, 0.1) is 26.6 Å². The Morgan fingerprint density at radius 1 is 1.16 bits per heavy atom.